The Bertz CT molecular complexity index is 1240. The number of hydrogen-bond acceptors (Lipinski definition) is 9. The summed E-state index contributed by atoms with van der Waals surface area (Å²) in [7, 11) is 4.25. The molecular weight excluding hydrogens is 436 g/mol. The van der Waals surface area contributed by atoms with Gasteiger partial charge in [0.25, 0.3) is 5.56 Å². The van der Waals surface area contributed by atoms with E-state index in [0.717, 1.165) is 11.8 Å². The Morgan fingerprint density at radius 1 is 1.12 bits per heavy atom. The van der Waals surface area contributed by atoms with Crippen LogP contribution in [0.5, 0.6) is 11.5 Å². The molecule has 0 fully saturated rings. The van der Waals surface area contributed by atoms with Gasteiger partial charge in [-0.2, -0.15) is 0 Å². The van der Waals surface area contributed by atoms with Crippen LogP contribution in [0.4, 0.5) is 5.69 Å². The summed E-state index contributed by atoms with van der Waals surface area (Å²) in [4.78, 5) is 48.6. The Morgan fingerprint density at radius 2 is 1.88 bits per heavy atom. The number of fused-ring (bicyclic) bond motifs is 1. The standard InChI is InChI=1S/C21H22N4O6S/c1-10-8-13(20(28)31-5)16-17(22-10)24-21(25-19(16)27)32-11(2)18(26)23-14-9-12(29-3)6-7-15(14)30-4/h6-9,11H,1-5H3,(H,23,26)(H,22,24,25,27). The van der Waals surface area contributed by atoms with E-state index < -0.39 is 16.8 Å². The van der Waals surface area contributed by atoms with E-state index in [-0.39, 0.29) is 27.7 Å². The van der Waals surface area contributed by atoms with Crippen LogP contribution in [0.15, 0.2) is 34.2 Å². The molecule has 2 heterocycles. The molecule has 3 rings (SSSR count). The number of rotatable bonds is 7. The zero-order valence-corrected chi connectivity index (χ0v) is 19.0. The molecule has 1 unspecified atom stereocenters. The van der Waals surface area contributed by atoms with E-state index in [1.165, 1.54) is 27.4 Å². The number of aromatic amines is 1. The van der Waals surface area contributed by atoms with Gasteiger partial charge >= 0.3 is 5.97 Å². The summed E-state index contributed by atoms with van der Waals surface area (Å²) in [6.07, 6.45) is 0. The topological polar surface area (TPSA) is 132 Å². The Hall–Kier alpha value is -3.60. The molecule has 1 aromatic carbocycles. The lowest BCUT2D eigenvalue weighted by molar-refractivity contribution is -0.115. The molecule has 0 bridgehead atoms. The van der Waals surface area contributed by atoms with Crippen LogP contribution in [0.25, 0.3) is 11.0 Å². The third-order valence-corrected chi connectivity index (χ3v) is 5.50. The lowest BCUT2D eigenvalue weighted by atomic mass is 10.1. The lowest BCUT2D eigenvalue weighted by Crippen LogP contribution is -2.24. The van der Waals surface area contributed by atoms with E-state index in [2.05, 4.69) is 20.3 Å². The molecule has 11 heteroatoms. The van der Waals surface area contributed by atoms with Gasteiger partial charge in [-0.15, -0.1) is 0 Å². The molecule has 0 aliphatic heterocycles. The number of thioether (sulfide) groups is 1. The van der Waals surface area contributed by atoms with Gasteiger partial charge in [0.2, 0.25) is 5.91 Å². The second kappa shape index (κ2) is 9.69. The lowest BCUT2D eigenvalue weighted by Gasteiger charge is -2.15. The summed E-state index contributed by atoms with van der Waals surface area (Å²) in [6, 6.07) is 6.51. The van der Waals surface area contributed by atoms with Crippen LogP contribution in [-0.4, -0.2) is 53.4 Å². The van der Waals surface area contributed by atoms with Gasteiger partial charge in [0, 0.05) is 11.8 Å². The first kappa shape index (κ1) is 23.1. The fraction of sp³-hybridized carbons (Fsp3) is 0.286. The van der Waals surface area contributed by atoms with Crippen LogP contribution in [0.2, 0.25) is 0 Å². The van der Waals surface area contributed by atoms with Crippen molar-refractivity contribution in [1.82, 2.24) is 15.0 Å². The number of anilines is 1. The van der Waals surface area contributed by atoms with E-state index in [1.54, 1.807) is 32.0 Å². The van der Waals surface area contributed by atoms with Crippen LogP contribution in [0, 0.1) is 6.92 Å². The molecule has 0 spiro atoms. The highest BCUT2D eigenvalue weighted by Gasteiger charge is 2.21. The van der Waals surface area contributed by atoms with Crippen LogP contribution in [0.1, 0.15) is 23.0 Å². The number of H-pyrrole nitrogens is 1. The SMILES string of the molecule is COC(=O)c1cc(C)nc2nc(SC(C)C(=O)Nc3cc(OC)ccc3OC)[nH]c(=O)c12. The summed E-state index contributed by atoms with van der Waals surface area (Å²) in [5.74, 6) is 0.0401. The Balaban J connectivity index is 1.87. The third kappa shape index (κ3) is 4.83. The minimum Gasteiger partial charge on any atom is -0.497 e. The van der Waals surface area contributed by atoms with Crippen LogP contribution in [0.3, 0.4) is 0 Å². The van der Waals surface area contributed by atoms with Gasteiger partial charge in [0.1, 0.15) is 11.5 Å². The quantitative estimate of drug-likeness (QED) is 0.311. The normalized spacial score (nSPS) is 11.7. The maximum absolute atomic E-state index is 12.7. The van der Waals surface area contributed by atoms with Crippen molar-refractivity contribution in [3.63, 3.8) is 0 Å². The average Bonchev–Trinajstić information content (AvgIpc) is 2.77. The summed E-state index contributed by atoms with van der Waals surface area (Å²) < 4.78 is 15.2. The van der Waals surface area contributed by atoms with Gasteiger partial charge in [0.15, 0.2) is 10.8 Å². The summed E-state index contributed by atoms with van der Waals surface area (Å²) in [5, 5.41) is 2.38. The molecule has 0 saturated heterocycles. The van der Waals surface area contributed by atoms with Crippen molar-refractivity contribution < 1.29 is 23.8 Å². The number of nitrogens with zero attached hydrogens (tertiary/aromatic N) is 2. The number of aryl methyl sites for hydroxylation is 1. The molecule has 0 aliphatic rings. The first-order valence-electron chi connectivity index (χ1n) is 9.47. The van der Waals surface area contributed by atoms with Gasteiger partial charge in [-0.3, -0.25) is 9.59 Å². The van der Waals surface area contributed by atoms with Crippen molar-refractivity contribution in [2.24, 2.45) is 0 Å². The van der Waals surface area contributed by atoms with Crippen LogP contribution >= 0.6 is 11.8 Å². The van der Waals surface area contributed by atoms with E-state index in [4.69, 9.17) is 14.2 Å². The number of pyridine rings is 1. The van der Waals surface area contributed by atoms with Crippen molar-refractivity contribution in [3.8, 4) is 11.5 Å². The number of carbonyl (C=O) groups is 2. The van der Waals surface area contributed by atoms with Crippen LogP contribution in [-0.2, 0) is 9.53 Å². The molecule has 0 aliphatic carbocycles. The molecule has 32 heavy (non-hydrogen) atoms. The second-order valence-corrected chi connectivity index (χ2v) is 8.02. The van der Waals surface area contributed by atoms with Gasteiger partial charge < -0.3 is 24.5 Å². The van der Waals surface area contributed by atoms with Crippen molar-refractivity contribution >= 4 is 40.4 Å². The number of methoxy groups -OCH3 is 3. The first-order valence-corrected chi connectivity index (χ1v) is 10.3. The van der Waals surface area contributed by atoms with Crippen molar-refractivity contribution in [2.45, 2.75) is 24.3 Å². The van der Waals surface area contributed by atoms with Gasteiger partial charge in [-0.25, -0.2) is 14.8 Å². The molecule has 2 aromatic heterocycles. The van der Waals surface area contributed by atoms with Crippen molar-refractivity contribution in [1.29, 1.82) is 0 Å². The number of nitrogens with one attached hydrogen (secondary N) is 2. The number of benzene rings is 1. The highest BCUT2D eigenvalue weighted by Crippen LogP contribution is 2.30. The second-order valence-electron chi connectivity index (χ2n) is 6.69. The minimum atomic E-state index is -0.659. The number of ether oxygens (including phenoxy) is 3. The molecule has 1 amide bonds. The number of esters is 1. The zero-order chi connectivity index (χ0) is 23.4. The highest BCUT2D eigenvalue weighted by molar-refractivity contribution is 8.00. The molecule has 0 radical (unpaired) electrons. The Morgan fingerprint density at radius 3 is 2.53 bits per heavy atom. The predicted molar refractivity (Wildman–Crippen MR) is 120 cm³/mol. The molecule has 10 nitrogen and oxygen atoms in total. The molecular formula is C21H22N4O6S. The maximum atomic E-state index is 12.7. The van der Waals surface area contributed by atoms with Gasteiger partial charge in [-0.1, -0.05) is 11.8 Å². The van der Waals surface area contributed by atoms with Crippen molar-refractivity contribution in [3.05, 3.63) is 45.9 Å². The van der Waals surface area contributed by atoms with Crippen LogP contribution < -0.4 is 20.3 Å². The first-order chi connectivity index (χ1) is 15.3. The largest absolute Gasteiger partial charge is 0.497 e. The van der Waals surface area contributed by atoms with Crippen molar-refractivity contribution in [2.75, 3.05) is 26.6 Å². The number of amides is 1. The summed E-state index contributed by atoms with van der Waals surface area (Å²) in [5.41, 5.74) is 0.578. The number of carbonyl (C=O) groups excluding carboxylic acids is 2. The zero-order valence-electron chi connectivity index (χ0n) is 18.1. The van der Waals surface area contributed by atoms with E-state index >= 15 is 0 Å². The van der Waals surface area contributed by atoms with Gasteiger partial charge in [-0.05, 0) is 32.0 Å². The fourth-order valence-electron chi connectivity index (χ4n) is 2.94. The predicted octanol–water partition coefficient (Wildman–Crippen LogP) is 2.55. The van der Waals surface area contributed by atoms with E-state index in [0.29, 0.717) is 22.9 Å². The average molecular weight is 458 g/mol. The molecule has 2 N–H and O–H groups in total. The molecule has 0 saturated carbocycles. The summed E-state index contributed by atoms with van der Waals surface area (Å²) >= 11 is 1.04. The number of hydrogen-bond donors (Lipinski definition) is 2. The summed E-state index contributed by atoms with van der Waals surface area (Å²) in [6.45, 7) is 3.35. The molecule has 1 atom stereocenters. The highest BCUT2D eigenvalue weighted by atomic mass is 32.2. The number of aromatic nitrogens is 3. The van der Waals surface area contributed by atoms with E-state index in [9.17, 15) is 14.4 Å². The van der Waals surface area contributed by atoms with E-state index in [1.807, 2.05) is 0 Å². The fourth-order valence-corrected chi connectivity index (χ4v) is 3.73. The monoisotopic (exact) mass is 458 g/mol. The Labute approximate surface area is 187 Å². The molecule has 3 aromatic rings. The Kier molecular flexibility index (Phi) is 6.98. The third-order valence-electron chi connectivity index (χ3n) is 4.51. The molecule has 168 valence electrons. The smallest absolute Gasteiger partial charge is 0.338 e. The maximum Gasteiger partial charge on any atom is 0.338 e. The van der Waals surface area contributed by atoms with Gasteiger partial charge in [0.05, 0.1) is 43.2 Å². The minimum absolute atomic E-state index is 0.0324.